The number of nitrogens with zero attached hydrogens (tertiary/aromatic N) is 2. The highest BCUT2D eigenvalue weighted by atomic mass is 16.6. The minimum Gasteiger partial charge on any atom is -0.444 e. The first-order valence-corrected chi connectivity index (χ1v) is 7.76. The summed E-state index contributed by atoms with van der Waals surface area (Å²) in [4.78, 5) is 15.9. The number of carbonyl (C=O) groups excluding carboxylic acids is 1. The molecular formula is C16H29N3O2. The largest absolute Gasteiger partial charge is 0.444 e. The van der Waals surface area contributed by atoms with Gasteiger partial charge in [0, 0.05) is 12.2 Å². The lowest BCUT2D eigenvalue weighted by atomic mass is 9.95. The van der Waals surface area contributed by atoms with E-state index in [0.29, 0.717) is 18.5 Å². The number of rotatable bonds is 6. The Labute approximate surface area is 128 Å². The highest BCUT2D eigenvalue weighted by Gasteiger charge is 2.19. The van der Waals surface area contributed by atoms with E-state index in [9.17, 15) is 4.79 Å². The number of imidazole rings is 1. The van der Waals surface area contributed by atoms with Gasteiger partial charge < -0.3 is 14.6 Å². The molecule has 5 nitrogen and oxygen atoms in total. The van der Waals surface area contributed by atoms with E-state index in [-0.39, 0.29) is 0 Å². The summed E-state index contributed by atoms with van der Waals surface area (Å²) in [6.45, 7) is 12.6. The molecule has 5 heteroatoms. The maximum atomic E-state index is 11.7. The molecule has 0 saturated carbocycles. The molecule has 0 radical (unpaired) electrons. The molecular weight excluding hydrogens is 266 g/mol. The molecule has 1 N–H and O–H groups in total. The Morgan fingerprint density at radius 1 is 1.38 bits per heavy atom. The van der Waals surface area contributed by atoms with Crippen molar-refractivity contribution in [1.29, 1.82) is 0 Å². The fourth-order valence-corrected chi connectivity index (χ4v) is 2.51. The topological polar surface area (TPSA) is 56.2 Å². The fourth-order valence-electron chi connectivity index (χ4n) is 2.51. The molecule has 1 heterocycles. The minimum absolute atomic E-state index is 0.373. The molecule has 0 aromatic carbocycles. The molecule has 1 unspecified atom stereocenters. The summed E-state index contributed by atoms with van der Waals surface area (Å²) in [5.41, 5.74) is 0.521. The molecule has 21 heavy (non-hydrogen) atoms. The normalized spacial score (nSPS) is 13.3. The van der Waals surface area contributed by atoms with E-state index in [1.54, 1.807) is 6.20 Å². The summed E-state index contributed by atoms with van der Waals surface area (Å²) in [6.07, 6.45) is 5.51. The van der Waals surface area contributed by atoms with Gasteiger partial charge in [-0.2, -0.15) is 0 Å². The van der Waals surface area contributed by atoms with E-state index in [4.69, 9.17) is 4.74 Å². The van der Waals surface area contributed by atoms with Crippen LogP contribution in [0.15, 0.2) is 12.5 Å². The number of hydrogen-bond donors (Lipinski definition) is 1. The van der Waals surface area contributed by atoms with Crippen LogP contribution in [0.3, 0.4) is 0 Å². The van der Waals surface area contributed by atoms with E-state index in [1.807, 2.05) is 27.1 Å². The van der Waals surface area contributed by atoms with Crippen LogP contribution in [0.25, 0.3) is 0 Å². The Bertz CT molecular complexity index is 445. The van der Waals surface area contributed by atoms with Crippen molar-refractivity contribution in [2.45, 2.75) is 72.6 Å². The van der Waals surface area contributed by atoms with Gasteiger partial charge >= 0.3 is 6.09 Å². The summed E-state index contributed by atoms with van der Waals surface area (Å²) in [5.74, 6) is 0.611. The van der Waals surface area contributed by atoms with Gasteiger partial charge in [-0.05, 0) is 33.6 Å². The Morgan fingerprint density at radius 2 is 2.00 bits per heavy atom. The Balaban J connectivity index is 2.66. The van der Waals surface area contributed by atoms with Crippen molar-refractivity contribution in [1.82, 2.24) is 14.9 Å². The van der Waals surface area contributed by atoms with Crippen LogP contribution in [0.1, 0.15) is 66.1 Å². The van der Waals surface area contributed by atoms with E-state index in [1.165, 1.54) is 0 Å². The summed E-state index contributed by atoms with van der Waals surface area (Å²) >= 11 is 0. The van der Waals surface area contributed by atoms with E-state index in [2.05, 4.69) is 35.6 Å². The molecule has 1 atom stereocenters. The van der Waals surface area contributed by atoms with Gasteiger partial charge in [-0.3, -0.25) is 0 Å². The molecule has 1 aromatic heterocycles. The average molecular weight is 295 g/mol. The lowest BCUT2D eigenvalue weighted by Crippen LogP contribution is -2.33. The number of hydrogen-bond acceptors (Lipinski definition) is 3. The molecule has 1 amide bonds. The number of aromatic nitrogens is 2. The predicted molar refractivity (Wildman–Crippen MR) is 84.1 cm³/mol. The van der Waals surface area contributed by atoms with E-state index in [0.717, 1.165) is 18.5 Å². The van der Waals surface area contributed by atoms with Gasteiger partial charge in [0.05, 0.1) is 18.6 Å². The SMILES string of the molecule is CCC(CC)C(C)n1cncc1CNC(=O)OC(C)(C)C. The van der Waals surface area contributed by atoms with Crippen molar-refractivity contribution in [3.05, 3.63) is 18.2 Å². The Morgan fingerprint density at radius 3 is 2.52 bits per heavy atom. The van der Waals surface area contributed by atoms with Crippen molar-refractivity contribution in [3.8, 4) is 0 Å². The molecule has 1 aromatic rings. The standard InChI is InChI=1S/C16H29N3O2/c1-7-13(8-2)12(3)19-11-17-9-14(19)10-18-15(20)21-16(4,5)6/h9,11-13H,7-8,10H2,1-6H3,(H,18,20). The van der Waals surface area contributed by atoms with Crippen molar-refractivity contribution in [2.24, 2.45) is 5.92 Å². The van der Waals surface area contributed by atoms with Gasteiger partial charge in [0.15, 0.2) is 0 Å². The number of ether oxygens (including phenoxy) is 1. The summed E-state index contributed by atoms with van der Waals surface area (Å²) in [5, 5.41) is 2.79. The quantitative estimate of drug-likeness (QED) is 0.865. The maximum absolute atomic E-state index is 11.7. The molecule has 0 fully saturated rings. The number of alkyl carbamates (subject to hydrolysis) is 1. The van der Waals surface area contributed by atoms with Gasteiger partial charge in [0.2, 0.25) is 0 Å². The van der Waals surface area contributed by atoms with Gasteiger partial charge in [-0.15, -0.1) is 0 Å². The predicted octanol–water partition coefficient (Wildman–Crippen LogP) is 3.91. The highest BCUT2D eigenvalue weighted by molar-refractivity contribution is 5.67. The molecule has 0 aliphatic rings. The first-order chi connectivity index (χ1) is 9.78. The molecule has 120 valence electrons. The molecule has 0 aliphatic heterocycles. The average Bonchev–Trinajstić information content (AvgIpc) is 2.83. The number of carbonyl (C=O) groups is 1. The lowest BCUT2D eigenvalue weighted by Gasteiger charge is -2.25. The second-order valence-corrected chi connectivity index (χ2v) is 6.46. The lowest BCUT2D eigenvalue weighted by molar-refractivity contribution is 0.0522. The van der Waals surface area contributed by atoms with Crippen molar-refractivity contribution in [2.75, 3.05) is 0 Å². The van der Waals surface area contributed by atoms with Gasteiger partial charge in [0.25, 0.3) is 0 Å². The second-order valence-electron chi connectivity index (χ2n) is 6.46. The first-order valence-electron chi connectivity index (χ1n) is 7.76. The summed E-state index contributed by atoms with van der Waals surface area (Å²) in [6, 6.07) is 0.373. The third-order valence-electron chi connectivity index (χ3n) is 3.73. The van der Waals surface area contributed by atoms with Crippen molar-refractivity contribution in [3.63, 3.8) is 0 Å². The van der Waals surface area contributed by atoms with Crippen LogP contribution in [0.2, 0.25) is 0 Å². The zero-order chi connectivity index (χ0) is 16.0. The summed E-state index contributed by atoms with van der Waals surface area (Å²) < 4.78 is 7.39. The van der Waals surface area contributed by atoms with Crippen LogP contribution < -0.4 is 5.32 Å². The molecule has 0 spiro atoms. The number of nitrogens with one attached hydrogen (secondary N) is 1. The third kappa shape index (κ3) is 5.40. The van der Waals surface area contributed by atoms with Crippen molar-refractivity contribution >= 4 is 6.09 Å². The van der Waals surface area contributed by atoms with Crippen LogP contribution >= 0.6 is 0 Å². The third-order valence-corrected chi connectivity index (χ3v) is 3.73. The van der Waals surface area contributed by atoms with Crippen LogP contribution in [-0.2, 0) is 11.3 Å². The number of amides is 1. The summed E-state index contributed by atoms with van der Waals surface area (Å²) in [7, 11) is 0. The van der Waals surface area contributed by atoms with E-state index < -0.39 is 11.7 Å². The van der Waals surface area contributed by atoms with Crippen molar-refractivity contribution < 1.29 is 9.53 Å². The van der Waals surface area contributed by atoms with Crippen LogP contribution in [0.4, 0.5) is 4.79 Å². The molecule has 0 aliphatic carbocycles. The Hall–Kier alpha value is -1.52. The molecule has 0 saturated heterocycles. The fraction of sp³-hybridized carbons (Fsp3) is 0.750. The molecule has 1 rings (SSSR count). The van der Waals surface area contributed by atoms with Gasteiger partial charge in [0.1, 0.15) is 5.60 Å². The minimum atomic E-state index is -0.479. The van der Waals surface area contributed by atoms with Crippen LogP contribution in [0, 0.1) is 5.92 Å². The highest BCUT2D eigenvalue weighted by Crippen LogP contribution is 2.25. The van der Waals surface area contributed by atoms with Crippen LogP contribution in [-0.4, -0.2) is 21.2 Å². The first kappa shape index (κ1) is 17.5. The second kappa shape index (κ2) is 7.48. The van der Waals surface area contributed by atoms with E-state index >= 15 is 0 Å². The van der Waals surface area contributed by atoms with Gasteiger partial charge in [-0.1, -0.05) is 26.7 Å². The Kier molecular flexibility index (Phi) is 6.24. The maximum Gasteiger partial charge on any atom is 0.407 e. The smallest absolute Gasteiger partial charge is 0.407 e. The van der Waals surface area contributed by atoms with Crippen LogP contribution in [0.5, 0.6) is 0 Å². The van der Waals surface area contributed by atoms with Gasteiger partial charge in [-0.25, -0.2) is 9.78 Å². The monoisotopic (exact) mass is 295 g/mol. The zero-order valence-corrected chi connectivity index (χ0v) is 14.1. The molecule has 0 bridgehead atoms. The zero-order valence-electron chi connectivity index (χ0n) is 14.1.